The normalized spacial score (nSPS) is 15.6. The molecule has 0 bridgehead atoms. The number of likely N-dealkylation sites (tertiary alicyclic amines) is 1. The maximum Gasteiger partial charge on any atom is 0.253 e. The zero-order valence-electron chi connectivity index (χ0n) is 14.0. The molecule has 1 aromatic carbocycles. The molecule has 2 amide bonds. The van der Waals surface area contributed by atoms with Gasteiger partial charge in [-0.1, -0.05) is 0 Å². The number of nitrogens with zero attached hydrogens (tertiary/aromatic N) is 2. The van der Waals surface area contributed by atoms with Crippen LogP contribution in [0, 0.1) is 17.6 Å². The Hall–Kier alpha value is -2.02. The number of rotatable bonds is 5. The highest BCUT2D eigenvalue weighted by Crippen LogP contribution is 2.20. The van der Waals surface area contributed by atoms with Crippen molar-refractivity contribution in [2.24, 2.45) is 5.92 Å². The molecular formula is C17H23F2N3O2. The maximum atomic E-state index is 13.2. The minimum atomic E-state index is -1.03. The molecule has 7 heteroatoms. The Morgan fingerprint density at radius 2 is 1.88 bits per heavy atom. The average molecular weight is 339 g/mol. The van der Waals surface area contributed by atoms with Crippen molar-refractivity contribution in [3.05, 3.63) is 35.4 Å². The summed E-state index contributed by atoms with van der Waals surface area (Å²) in [6, 6.07) is 3.14. The molecule has 24 heavy (non-hydrogen) atoms. The van der Waals surface area contributed by atoms with E-state index in [1.54, 1.807) is 4.90 Å². The van der Waals surface area contributed by atoms with Crippen LogP contribution in [-0.4, -0.2) is 61.9 Å². The Morgan fingerprint density at radius 1 is 1.21 bits per heavy atom. The van der Waals surface area contributed by atoms with Gasteiger partial charge in [0.25, 0.3) is 5.91 Å². The summed E-state index contributed by atoms with van der Waals surface area (Å²) in [6.45, 7) is 2.24. The first-order chi connectivity index (χ1) is 11.4. The van der Waals surface area contributed by atoms with Gasteiger partial charge in [-0.05, 0) is 45.1 Å². The summed E-state index contributed by atoms with van der Waals surface area (Å²) in [5, 5.41) is 2.90. The molecule has 0 aromatic heterocycles. The van der Waals surface area contributed by atoms with Gasteiger partial charge < -0.3 is 15.1 Å². The van der Waals surface area contributed by atoms with Crippen LogP contribution in [0.1, 0.15) is 23.2 Å². The summed E-state index contributed by atoms with van der Waals surface area (Å²) in [6.07, 6.45) is 1.15. The van der Waals surface area contributed by atoms with Crippen molar-refractivity contribution >= 4 is 11.8 Å². The van der Waals surface area contributed by atoms with Gasteiger partial charge in [-0.3, -0.25) is 9.59 Å². The zero-order chi connectivity index (χ0) is 17.7. The molecule has 1 aliphatic rings. The van der Waals surface area contributed by atoms with Gasteiger partial charge in [0.1, 0.15) is 0 Å². The van der Waals surface area contributed by atoms with E-state index in [0.717, 1.165) is 18.7 Å². The third-order valence-corrected chi connectivity index (χ3v) is 4.18. The highest BCUT2D eigenvalue weighted by Gasteiger charge is 2.27. The Kier molecular flexibility index (Phi) is 6.25. The monoisotopic (exact) mass is 339 g/mol. The number of benzene rings is 1. The summed E-state index contributed by atoms with van der Waals surface area (Å²) in [7, 11) is 3.88. The minimum absolute atomic E-state index is 0.0109. The van der Waals surface area contributed by atoms with Crippen LogP contribution in [0.2, 0.25) is 0 Å². The smallest absolute Gasteiger partial charge is 0.253 e. The second-order valence-corrected chi connectivity index (χ2v) is 6.29. The van der Waals surface area contributed by atoms with Crippen molar-refractivity contribution in [1.82, 2.24) is 15.1 Å². The Labute approximate surface area is 140 Å². The molecule has 0 spiro atoms. The van der Waals surface area contributed by atoms with Gasteiger partial charge in [0.2, 0.25) is 5.91 Å². The van der Waals surface area contributed by atoms with Crippen LogP contribution in [0.25, 0.3) is 0 Å². The minimum Gasteiger partial charge on any atom is -0.355 e. The van der Waals surface area contributed by atoms with E-state index in [4.69, 9.17) is 0 Å². The van der Waals surface area contributed by atoms with Crippen LogP contribution in [0.4, 0.5) is 8.78 Å². The van der Waals surface area contributed by atoms with Gasteiger partial charge in [0.15, 0.2) is 11.6 Å². The van der Waals surface area contributed by atoms with Crippen LogP contribution in [0.3, 0.4) is 0 Å². The molecule has 1 saturated heterocycles. The number of nitrogens with one attached hydrogen (secondary N) is 1. The van der Waals surface area contributed by atoms with Gasteiger partial charge >= 0.3 is 0 Å². The third kappa shape index (κ3) is 4.74. The number of piperidine rings is 1. The quantitative estimate of drug-likeness (QED) is 0.884. The highest BCUT2D eigenvalue weighted by atomic mass is 19.2. The van der Waals surface area contributed by atoms with Crippen LogP contribution in [0.15, 0.2) is 18.2 Å². The molecule has 0 unspecified atom stereocenters. The molecule has 0 aliphatic carbocycles. The standard InChI is InChI=1S/C17H23F2N3O2/c1-21(2)10-7-20-16(23)12-5-8-22(9-6-12)17(24)13-3-4-14(18)15(19)11-13/h3-4,11-12H,5-10H2,1-2H3,(H,20,23). The van der Waals surface area contributed by atoms with Gasteiger partial charge in [0, 0.05) is 37.7 Å². The van der Waals surface area contributed by atoms with Crippen molar-refractivity contribution in [2.45, 2.75) is 12.8 Å². The molecule has 1 aromatic rings. The van der Waals surface area contributed by atoms with Gasteiger partial charge in [-0.25, -0.2) is 8.78 Å². The lowest BCUT2D eigenvalue weighted by molar-refractivity contribution is -0.126. The fourth-order valence-electron chi connectivity index (χ4n) is 2.70. The SMILES string of the molecule is CN(C)CCNC(=O)C1CCN(C(=O)c2ccc(F)c(F)c2)CC1. The van der Waals surface area contributed by atoms with E-state index in [1.807, 2.05) is 19.0 Å². The summed E-state index contributed by atoms with van der Waals surface area (Å²) in [4.78, 5) is 28.0. The van der Waals surface area contributed by atoms with Crippen molar-refractivity contribution in [3.8, 4) is 0 Å². The van der Waals surface area contributed by atoms with Gasteiger partial charge in [-0.2, -0.15) is 0 Å². The summed E-state index contributed by atoms with van der Waals surface area (Å²) in [5.41, 5.74) is 0.128. The largest absolute Gasteiger partial charge is 0.355 e. The Morgan fingerprint density at radius 3 is 2.46 bits per heavy atom. The summed E-state index contributed by atoms with van der Waals surface area (Å²) >= 11 is 0. The van der Waals surface area contributed by atoms with Gasteiger partial charge in [0.05, 0.1) is 0 Å². The van der Waals surface area contributed by atoms with Gasteiger partial charge in [-0.15, -0.1) is 0 Å². The first-order valence-corrected chi connectivity index (χ1v) is 8.05. The number of halogens is 2. The lowest BCUT2D eigenvalue weighted by Gasteiger charge is -2.31. The average Bonchev–Trinajstić information content (AvgIpc) is 2.56. The van der Waals surface area contributed by atoms with E-state index in [0.29, 0.717) is 32.5 Å². The molecule has 132 valence electrons. The Balaban J connectivity index is 1.84. The molecule has 0 saturated carbocycles. The second-order valence-electron chi connectivity index (χ2n) is 6.29. The first kappa shape index (κ1) is 18.3. The highest BCUT2D eigenvalue weighted by molar-refractivity contribution is 5.94. The molecule has 1 heterocycles. The van der Waals surface area contributed by atoms with Crippen LogP contribution < -0.4 is 5.32 Å². The van der Waals surface area contributed by atoms with Crippen LogP contribution in [0.5, 0.6) is 0 Å². The molecule has 1 N–H and O–H groups in total. The molecule has 0 radical (unpaired) electrons. The van der Waals surface area contributed by atoms with Crippen molar-refractivity contribution in [2.75, 3.05) is 40.3 Å². The topological polar surface area (TPSA) is 52.7 Å². The number of carbonyl (C=O) groups excluding carboxylic acids is 2. The zero-order valence-corrected chi connectivity index (χ0v) is 14.0. The molecule has 0 atom stereocenters. The second kappa shape index (κ2) is 8.19. The molecule has 1 fully saturated rings. The lowest BCUT2D eigenvalue weighted by atomic mass is 9.95. The number of hydrogen-bond donors (Lipinski definition) is 1. The van der Waals surface area contributed by atoms with E-state index in [-0.39, 0.29) is 23.3 Å². The fraction of sp³-hybridized carbons (Fsp3) is 0.529. The maximum absolute atomic E-state index is 13.2. The molecule has 1 aliphatic heterocycles. The molecule has 2 rings (SSSR count). The van der Waals surface area contributed by atoms with E-state index in [1.165, 1.54) is 6.07 Å². The van der Waals surface area contributed by atoms with E-state index < -0.39 is 11.6 Å². The van der Waals surface area contributed by atoms with Crippen molar-refractivity contribution in [3.63, 3.8) is 0 Å². The molecule has 5 nitrogen and oxygen atoms in total. The van der Waals surface area contributed by atoms with Crippen LogP contribution >= 0.6 is 0 Å². The number of likely N-dealkylation sites (N-methyl/N-ethyl adjacent to an activating group) is 1. The molecular weight excluding hydrogens is 316 g/mol. The predicted octanol–water partition coefficient (Wildman–Crippen LogP) is 1.49. The van der Waals surface area contributed by atoms with Crippen molar-refractivity contribution < 1.29 is 18.4 Å². The van der Waals surface area contributed by atoms with E-state index in [9.17, 15) is 18.4 Å². The van der Waals surface area contributed by atoms with Crippen molar-refractivity contribution in [1.29, 1.82) is 0 Å². The third-order valence-electron chi connectivity index (χ3n) is 4.18. The first-order valence-electron chi connectivity index (χ1n) is 8.05. The number of hydrogen-bond acceptors (Lipinski definition) is 3. The summed E-state index contributed by atoms with van der Waals surface area (Å²) in [5.74, 6) is -2.44. The lowest BCUT2D eigenvalue weighted by Crippen LogP contribution is -2.44. The summed E-state index contributed by atoms with van der Waals surface area (Å²) < 4.78 is 26.2. The van der Waals surface area contributed by atoms with Crippen LogP contribution in [-0.2, 0) is 4.79 Å². The fourth-order valence-corrected chi connectivity index (χ4v) is 2.70. The number of amides is 2. The number of carbonyl (C=O) groups is 2. The predicted molar refractivity (Wildman–Crippen MR) is 86.5 cm³/mol. The van der Waals surface area contributed by atoms with E-state index >= 15 is 0 Å². The Bertz CT molecular complexity index is 599. The van der Waals surface area contributed by atoms with E-state index in [2.05, 4.69) is 5.32 Å².